The molecule has 5 nitrogen and oxygen atoms in total. The molecule has 1 fully saturated rings. The average Bonchev–Trinajstić information content (AvgIpc) is 3.37. The summed E-state index contributed by atoms with van der Waals surface area (Å²) in [6.07, 6.45) is 3.62. The Labute approximate surface area is 195 Å². The van der Waals surface area contributed by atoms with Gasteiger partial charge in [-0.05, 0) is 55.4 Å². The Balaban J connectivity index is 0.00000240. The van der Waals surface area contributed by atoms with E-state index >= 15 is 0 Å². The van der Waals surface area contributed by atoms with Crippen molar-refractivity contribution < 1.29 is 4.74 Å². The lowest BCUT2D eigenvalue weighted by Gasteiger charge is -2.39. The van der Waals surface area contributed by atoms with Gasteiger partial charge in [-0.15, -0.1) is 35.3 Å². The molecular formula is C22H31IN4OS. The largest absolute Gasteiger partial charge is 0.488 e. The van der Waals surface area contributed by atoms with Crippen molar-refractivity contribution in [3.05, 3.63) is 52.2 Å². The van der Waals surface area contributed by atoms with Crippen LogP contribution in [0.3, 0.4) is 0 Å². The zero-order chi connectivity index (χ0) is 19.3. The number of halogens is 1. The van der Waals surface area contributed by atoms with Crippen molar-refractivity contribution in [3.8, 4) is 5.75 Å². The Morgan fingerprint density at radius 1 is 1.21 bits per heavy atom. The summed E-state index contributed by atoms with van der Waals surface area (Å²) in [5.41, 5.74) is 1.29. The maximum atomic E-state index is 6.03. The van der Waals surface area contributed by atoms with Crippen molar-refractivity contribution >= 4 is 41.3 Å². The number of aliphatic imine (C=N–C) groups is 1. The minimum Gasteiger partial charge on any atom is -0.488 e. The number of rotatable bonds is 5. The fraction of sp³-hybridized carbons (Fsp3) is 0.500. The number of guanidine groups is 1. The molecule has 4 rings (SSSR count). The smallest absolute Gasteiger partial charge is 0.191 e. The van der Waals surface area contributed by atoms with E-state index in [0.29, 0.717) is 12.0 Å². The summed E-state index contributed by atoms with van der Waals surface area (Å²) >= 11 is 1.87. The molecular weight excluding hydrogens is 495 g/mol. The van der Waals surface area contributed by atoms with Gasteiger partial charge in [0.2, 0.25) is 0 Å². The van der Waals surface area contributed by atoms with E-state index in [4.69, 9.17) is 4.74 Å². The van der Waals surface area contributed by atoms with Gasteiger partial charge in [-0.1, -0.05) is 24.3 Å². The monoisotopic (exact) mass is 526 g/mol. The van der Waals surface area contributed by atoms with E-state index in [1.54, 1.807) is 0 Å². The number of fused-ring (bicyclic) bond motifs is 1. The van der Waals surface area contributed by atoms with Gasteiger partial charge in [-0.3, -0.25) is 9.89 Å². The topological polar surface area (TPSA) is 48.9 Å². The lowest BCUT2D eigenvalue weighted by Crippen LogP contribution is -2.46. The molecule has 1 saturated heterocycles. The maximum absolute atomic E-state index is 6.03. The summed E-state index contributed by atoms with van der Waals surface area (Å²) in [5, 5.41) is 9.19. The van der Waals surface area contributed by atoms with Crippen LogP contribution in [0.4, 0.5) is 0 Å². The van der Waals surface area contributed by atoms with Crippen molar-refractivity contribution in [2.24, 2.45) is 10.9 Å². The number of hydrogen-bond acceptors (Lipinski definition) is 4. The van der Waals surface area contributed by atoms with Crippen molar-refractivity contribution in [1.29, 1.82) is 0 Å². The molecule has 2 aliphatic heterocycles. The number of para-hydroxylation sites is 1. The van der Waals surface area contributed by atoms with Crippen molar-refractivity contribution in [2.75, 3.05) is 33.7 Å². The molecule has 3 unspecified atom stereocenters. The summed E-state index contributed by atoms with van der Waals surface area (Å²) in [4.78, 5) is 8.39. The second-order valence-electron chi connectivity index (χ2n) is 7.73. The van der Waals surface area contributed by atoms with E-state index in [-0.39, 0.29) is 30.1 Å². The number of piperidine rings is 1. The molecule has 2 N–H and O–H groups in total. The number of benzene rings is 1. The molecule has 2 aliphatic rings. The molecule has 3 heterocycles. The summed E-state index contributed by atoms with van der Waals surface area (Å²) in [6, 6.07) is 13.2. The van der Waals surface area contributed by atoms with Gasteiger partial charge in [0.1, 0.15) is 11.9 Å². The van der Waals surface area contributed by atoms with Gasteiger partial charge in [0.05, 0.1) is 6.54 Å². The van der Waals surface area contributed by atoms with E-state index in [1.807, 2.05) is 30.5 Å². The van der Waals surface area contributed by atoms with Crippen LogP contribution >= 0.6 is 35.3 Å². The highest BCUT2D eigenvalue weighted by atomic mass is 127. The van der Waals surface area contributed by atoms with Gasteiger partial charge in [-0.2, -0.15) is 0 Å². The molecule has 2 aromatic rings. The first-order valence-corrected chi connectivity index (χ1v) is 11.1. The van der Waals surface area contributed by atoms with Gasteiger partial charge < -0.3 is 15.4 Å². The van der Waals surface area contributed by atoms with Gasteiger partial charge in [0.25, 0.3) is 0 Å². The maximum Gasteiger partial charge on any atom is 0.191 e. The zero-order valence-corrected chi connectivity index (χ0v) is 20.3. The fourth-order valence-corrected chi connectivity index (χ4v) is 5.39. The predicted molar refractivity (Wildman–Crippen MR) is 132 cm³/mol. The average molecular weight is 526 g/mol. The Morgan fingerprint density at radius 2 is 2.03 bits per heavy atom. The quantitative estimate of drug-likeness (QED) is 0.353. The molecule has 1 aromatic carbocycles. The Hall–Kier alpha value is -1.32. The highest BCUT2D eigenvalue weighted by molar-refractivity contribution is 14.0. The van der Waals surface area contributed by atoms with Crippen LogP contribution in [-0.2, 0) is 6.42 Å². The number of ether oxygens (including phenoxy) is 1. The van der Waals surface area contributed by atoms with Gasteiger partial charge in [0.15, 0.2) is 5.96 Å². The van der Waals surface area contributed by atoms with Crippen LogP contribution in [0.1, 0.15) is 29.3 Å². The zero-order valence-electron chi connectivity index (χ0n) is 17.1. The van der Waals surface area contributed by atoms with Crippen LogP contribution in [-0.4, -0.2) is 50.7 Å². The molecule has 158 valence electrons. The molecule has 0 spiro atoms. The number of nitrogens with one attached hydrogen (secondary N) is 2. The minimum atomic E-state index is 0. The third kappa shape index (κ3) is 5.44. The summed E-state index contributed by atoms with van der Waals surface area (Å²) in [6.45, 7) is 2.86. The number of nitrogens with zero attached hydrogens (tertiary/aromatic N) is 2. The molecule has 0 amide bonds. The van der Waals surface area contributed by atoms with E-state index in [1.165, 1.54) is 29.8 Å². The first-order valence-electron chi connectivity index (χ1n) is 10.2. The normalized spacial score (nSPS) is 24.3. The molecule has 0 radical (unpaired) electrons. The standard InChI is InChI=1S/C22H30N4OS.HI/c1-23-22(25-15-18-13-16-7-3-4-9-19(16)27-18)24-14-17-8-5-11-26(2)21(17)20-10-6-12-28-20;/h3-4,6-7,9-10,12,17-18,21H,5,8,11,13-15H2,1-2H3,(H2,23,24,25);1H. The molecule has 3 atom stereocenters. The van der Waals surface area contributed by atoms with E-state index in [2.05, 4.69) is 57.2 Å². The van der Waals surface area contributed by atoms with Crippen LogP contribution < -0.4 is 15.4 Å². The fourth-order valence-electron chi connectivity index (χ4n) is 4.41. The predicted octanol–water partition coefficient (Wildman–Crippen LogP) is 3.92. The second kappa shape index (κ2) is 10.6. The van der Waals surface area contributed by atoms with Crippen LogP contribution in [0.25, 0.3) is 0 Å². The molecule has 0 bridgehead atoms. The van der Waals surface area contributed by atoms with E-state index < -0.39 is 0 Å². The van der Waals surface area contributed by atoms with Crippen LogP contribution in [0, 0.1) is 5.92 Å². The summed E-state index contributed by atoms with van der Waals surface area (Å²) in [7, 11) is 4.09. The first kappa shape index (κ1) is 22.4. The van der Waals surface area contributed by atoms with Crippen LogP contribution in [0.15, 0.2) is 46.8 Å². The summed E-state index contributed by atoms with van der Waals surface area (Å²) < 4.78 is 6.03. The molecule has 29 heavy (non-hydrogen) atoms. The number of hydrogen-bond donors (Lipinski definition) is 2. The second-order valence-corrected chi connectivity index (χ2v) is 8.71. The van der Waals surface area contributed by atoms with Gasteiger partial charge in [0, 0.05) is 30.9 Å². The lowest BCUT2D eigenvalue weighted by atomic mass is 9.88. The molecule has 1 aromatic heterocycles. The highest BCUT2D eigenvalue weighted by Gasteiger charge is 2.31. The number of thiophene rings is 1. The van der Waals surface area contributed by atoms with Crippen LogP contribution in [0.5, 0.6) is 5.75 Å². The van der Waals surface area contributed by atoms with E-state index in [9.17, 15) is 0 Å². The van der Waals surface area contributed by atoms with Crippen LogP contribution in [0.2, 0.25) is 0 Å². The third-order valence-corrected chi connectivity index (χ3v) is 6.75. The first-order chi connectivity index (χ1) is 13.7. The summed E-state index contributed by atoms with van der Waals surface area (Å²) in [5.74, 6) is 2.46. The number of likely N-dealkylation sites (tertiary alicyclic amines) is 1. The van der Waals surface area contributed by atoms with Crippen molar-refractivity contribution in [3.63, 3.8) is 0 Å². The lowest BCUT2D eigenvalue weighted by molar-refractivity contribution is 0.125. The SMILES string of the molecule is CN=C(NCC1Cc2ccccc2O1)NCC1CCCN(C)C1c1cccs1.I. The molecule has 0 saturated carbocycles. The molecule has 0 aliphatic carbocycles. The third-order valence-electron chi connectivity index (χ3n) is 5.81. The Morgan fingerprint density at radius 3 is 2.79 bits per heavy atom. The van der Waals surface area contributed by atoms with Crippen molar-refractivity contribution in [2.45, 2.75) is 31.4 Å². The van der Waals surface area contributed by atoms with E-state index in [0.717, 1.165) is 31.2 Å². The van der Waals surface area contributed by atoms with Crippen molar-refractivity contribution in [1.82, 2.24) is 15.5 Å². The van der Waals surface area contributed by atoms with Gasteiger partial charge in [-0.25, -0.2) is 0 Å². The highest BCUT2D eigenvalue weighted by Crippen LogP contribution is 2.36. The Kier molecular flexibility index (Phi) is 8.20. The Bertz CT molecular complexity index is 773. The minimum absolute atomic E-state index is 0. The molecule has 7 heteroatoms. The van der Waals surface area contributed by atoms with Gasteiger partial charge >= 0.3 is 0 Å².